The van der Waals surface area contributed by atoms with Gasteiger partial charge in [0.05, 0.1) is 12.8 Å². The van der Waals surface area contributed by atoms with Gasteiger partial charge in [-0.05, 0) is 61.0 Å². The summed E-state index contributed by atoms with van der Waals surface area (Å²) in [7, 11) is 1.54. The number of urea groups is 1. The molecule has 2 N–H and O–H groups in total. The van der Waals surface area contributed by atoms with Crippen LogP contribution in [0.3, 0.4) is 0 Å². The molecule has 1 aliphatic heterocycles. The molecule has 0 unspecified atom stereocenters. The summed E-state index contributed by atoms with van der Waals surface area (Å²) in [6.45, 7) is 4.57. The Balaban J connectivity index is 1.28. The van der Waals surface area contributed by atoms with Crippen molar-refractivity contribution in [2.24, 2.45) is 0 Å². The zero-order chi connectivity index (χ0) is 28.5. The summed E-state index contributed by atoms with van der Waals surface area (Å²) < 4.78 is 19.1. The van der Waals surface area contributed by atoms with Crippen molar-refractivity contribution >= 4 is 34.9 Å². The Labute approximate surface area is 233 Å². The number of methoxy groups -OCH3 is 1. The van der Waals surface area contributed by atoms with Gasteiger partial charge in [-0.2, -0.15) is 0 Å². The molecule has 210 valence electrons. The van der Waals surface area contributed by atoms with E-state index in [9.17, 15) is 18.8 Å². The Kier molecular flexibility index (Phi) is 9.56. The van der Waals surface area contributed by atoms with E-state index in [1.165, 1.54) is 17.0 Å². The van der Waals surface area contributed by atoms with Crippen molar-refractivity contribution in [3.05, 3.63) is 84.2 Å². The first-order valence-electron chi connectivity index (χ1n) is 13.3. The molecule has 4 rings (SSSR count). The van der Waals surface area contributed by atoms with Crippen LogP contribution in [0.5, 0.6) is 5.75 Å². The van der Waals surface area contributed by atoms with Crippen LogP contribution in [0.2, 0.25) is 0 Å². The molecule has 0 radical (unpaired) electrons. The molecule has 40 heavy (non-hydrogen) atoms. The Bertz CT molecular complexity index is 1330. The van der Waals surface area contributed by atoms with Crippen molar-refractivity contribution in [3.8, 4) is 5.75 Å². The van der Waals surface area contributed by atoms with E-state index in [2.05, 4.69) is 15.5 Å². The van der Waals surface area contributed by atoms with Gasteiger partial charge in [0.2, 0.25) is 5.91 Å². The molecule has 0 spiro atoms. The van der Waals surface area contributed by atoms with E-state index in [1.807, 2.05) is 31.2 Å². The average Bonchev–Trinajstić information content (AvgIpc) is 2.98. The van der Waals surface area contributed by atoms with Crippen LogP contribution in [0, 0.1) is 5.82 Å². The number of nitrogens with one attached hydrogen (secondary N) is 2. The maximum Gasteiger partial charge on any atom is 0.322 e. The third-order valence-corrected chi connectivity index (χ3v) is 6.63. The van der Waals surface area contributed by atoms with Crippen LogP contribution in [-0.4, -0.2) is 74.0 Å². The van der Waals surface area contributed by atoms with Crippen molar-refractivity contribution in [3.63, 3.8) is 0 Å². The summed E-state index contributed by atoms with van der Waals surface area (Å²) in [5, 5.41) is 5.50. The van der Waals surface area contributed by atoms with Crippen molar-refractivity contribution in [1.82, 2.24) is 9.80 Å². The number of hydrogen-bond acceptors (Lipinski definition) is 5. The first-order valence-corrected chi connectivity index (χ1v) is 13.3. The van der Waals surface area contributed by atoms with Gasteiger partial charge in [0.25, 0.3) is 5.91 Å². The van der Waals surface area contributed by atoms with Crippen LogP contribution in [0.1, 0.15) is 23.7 Å². The second kappa shape index (κ2) is 13.5. The van der Waals surface area contributed by atoms with E-state index in [-0.39, 0.29) is 30.1 Å². The highest BCUT2D eigenvalue weighted by Gasteiger charge is 2.22. The first kappa shape index (κ1) is 28.4. The number of amides is 4. The lowest BCUT2D eigenvalue weighted by molar-refractivity contribution is -0.116. The summed E-state index contributed by atoms with van der Waals surface area (Å²) in [5.41, 5.74) is 2.22. The number of rotatable bonds is 9. The quantitative estimate of drug-likeness (QED) is 0.406. The van der Waals surface area contributed by atoms with Crippen molar-refractivity contribution < 1.29 is 23.5 Å². The number of hydrogen-bond donors (Lipinski definition) is 2. The topological polar surface area (TPSA) is 94.2 Å². The third kappa shape index (κ3) is 7.28. The lowest BCUT2D eigenvalue weighted by Crippen LogP contribution is -2.50. The molecule has 3 aromatic rings. The highest BCUT2D eigenvalue weighted by Crippen LogP contribution is 2.21. The van der Waals surface area contributed by atoms with E-state index < -0.39 is 5.82 Å². The number of carbonyl (C=O) groups is 3. The van der Waals surface area contributed by atoms with Gasteiger partial charge >= 0.3 is 6.03 Å². The summed E-state index contributed by atoms with van der Waals surface area (Å²) in [6.07, 6.45) is 0.718. The van der Waals surface area contributed by atoms with Crippen LogP contribution in [0.4, 0.5) is 26.2 Å². The van der Waals surface area contributed by atoms with E-state index in [1.54, 1.807) is 48.4 Å². The minimum Gasteiger partial charge on any atom is -0.497 e. The Hall–Kier alpha value is -4.60. The molecule has 1 aliphatic rings. The molecule has 4 amide bonds. The van der Waals surface area contributed by atoms with Gasteiger partial charge in [0.1, 0.15) is 18.1 Å². The number of piperazine rings is 1. The number of para-hydroxylation sites is 1. The number of ether oxygens (including phenoxy) is 1. The molecule has 3 aromatic carbocycles. The molecule has 0 saturated carbocycles. The molecule has 1 fully saturated rings. The van der Waals surface area contributed by atoms with E-state index >= 15 is 0 Å². The highest BCUT2D eigenvalue weighted by atomic mass is 19.1. The maximum atomic E-state index is 13.9. The fraction of sp³-hybridized carbons (Fsp3) is 0.300. The monoisotopic (exact) mass is 547 g/mol. The smallest absolute Gasteiger partial charge is 0.322 e. The van der Waals surface area contributed by atoms with Gasteiger partial charge in [0, 0.05) is 49.7 Å². The standard InChI is InChI=1S/C30H34FN5O4/c1-3-15-36(29(38)22-7-6-8-25(20-22)40-2)21-28(37)32-23-11-13-24(14-12-23)34-16-18-35(19-17-34)30(39)33-27-10-5-4-9-26(27)31/h4-14,20H,3,15-19,21H2,1-2H3,(H,32,37)(H,33,39). The number of carbonyl (C=O) groups excluding carboxylic acids is 3. The summed E-state index contributed by atoms with van der Waals surface area (Å²) in [5.74, 6) is -0.401. The molecule has 0 bridgehead atoms. The zero-order valence-electron chi connectivity index (χ0n) is 22.7. The third-order valence-electron chi connectivity index (χ3n) is 6.63. The molecule has 1 heterocycles. The predicted molar refractivity (Wildman–Crippen MR) is 153 cm³/mol. The SMILES string of the molecule is CCCN(CC(=O)Nc1ccc(N2CCN(C(=O)Nc3ccccc3F)CC2)cc1)C(=O)c1cccc(OC)c1. The molecule has 10 heteroatoms. The first-order chi connectivity index (χ1) is 19.4. The van der Waals surface area contributed by atoms with Gasteiger partial charge in [-0.1, -0.05) is 25.1 Å². The number of halogens is 1. The van der Waals surface area contributed by atoms with Crippen LogP contribution in [-0.2, 0) is 4.79 Å². The largest absolute Gasteiger partial charge is 0.497 e. The van der Waals surface area contributed by atoms with Crippen LogP contribution < -0.4 is 20.3 Å². The average molecular weight is 548 g/mol. The molecule has 0 aliphatic carbocycles. The maximum absolute atomic E-state index is 13.9. The number of benzene rings is 3. The predicted octanol–water partition coefficient (Wildman–Crippen LogP) is 4.68. The summed E-state index contributed by atoms with van der Waals surface area (Å²) in [4.78, 5) is 43.7. The molecule has 0 atom stereocenters. The Morgan fingerprint density at radius 2 is 1.65 bits per heavy atom. The Morgan fingerprint density at radius 1 is 0.925 bits per heavy atom. The molecule has 9 nitrogen and oxygen atoms in total. The van der Waals surface area contributed by atoms with Crippen molar-refractivity contribution in [2.45, 2.75) is 13.3 Å². The molecular formula is C30H34FN5O4. The highest BCUT2D eigenvalue weighted by molar-refractivity contribution is 5.99. The summed E-state index contributed by atoms with van der Waals surface area (Å²) >= 11 is 0. The lowest BCUT2D eigenvalue weighted by atomic mass is 10.1. The van der Waals surface area contributed by atoms with Crippen LogP contribution in [0.15, 0.2) is 72.8 Å². The fourth-order valence-electron chi connectivity index (χ4n) is 4.52. The normalized spacial score (nSPS) is 13.0. The second-order valence-electron chi connectivity index (χ2n) is 9.44. The van der Waals surface area contributed by atoms with E-state index in [4.69, 9.17) is 4.74 Å². The van der Waals surface area contributed by atoms with Crippen LogP contribution in [0.25, 0.3) is 0 Å². The molecule has 0 aromatic heterocycles. The minimum atomic E-state index is -0.469. The van der Waals surface area contributed by atoms with Gasteiger partial charge < -0.3 is 30.1 Å². The van der Waals surface area contributed by atoms with E-state index in [0.717, 1.165) is 12.1 Å². The van der Waals surface area contributed by atoms with Gasteiger partial charge in [-0.25, -0.2) is 9.18 Å². The van der Waals surface area contributed by atoms with Crippen molar-refractivity contribution in [1.29, 1.82) is 0 Å². The van der Waals surface area contributed by atoms with E-state index in [0.29, 0.717) is 49.7 Å². The number of anilines is 3. The lowest BCUT2D eigenvalue weighted by Gasteiger charge is -2.36. The minimum absolute atomic E-state index is 0.0669. The van der Waals surface area contributed by atoms with Crippen molar-refractivity contribution in [2.75, 3.05) is 61.9 Å². The molecular weight excluding hydrogens is 513 g/mol. The molecule has 1 saturated heterocycles. The Morgan fingerprint density at radius 3 is 2.33 bits per heavy atom. The fourth-order valence-corrected chi connectivity index (χ4v) is 4.52. The van der Waals surface area contributed by atoms with Gasteiger partial charge in [0.15, 0.2) is 0 Å². The van der Waals surface area contributed by atoms with Crippen LogP contribution >= 0.6 is 0 Å². The zero-order valence-corrected chi connectivity index (χ0v) is 22.7. The second-order valence-corrected chi connectivity index (χ2v) is 9.44. The van der Waals surface area contributed by atoms with Gasteiger partial charge in [-0.15, -0.1) is 0 Å². The van der Waals surface area contributed by atoms with Gasteiger partial charge in [-0.3, -0.25) is 9.59 Å². The summed E-state index contributed by atoms with van der Waals surface area (Å²) in [6, 6.07) is 20.1. The number of nitrogens with zero attached hydrogens (tertiary/aromatic N) is 3.